The Bertz CT molecular complexity index is 709. The van der Waals surface area contributed by atoms with Crippen LogP contribution >= 0.6 is 0 Å². The number of carbonyl (C=O) groups is 1. The average molecular weight is 388 g/mol. The van der Waals surface area contributed by atoms with E-state index in [1.165, 1.54) is 4.46 Å². The van der Waals surface area contributed by atoms with Gasteiger partial charge in [-0.1, -0.05) is 0 Å². The summed E-state index contributed by atoms with van der Waals surface area (Å²) in [7, 11) is 0. The molecule has 0 unspecified atom stereocenters. The van der Waals surface area contributed by atoms with Gasteiger partial charge in [0.1, 0.15) is 0 Å². The molecular weight excluding hydrogens is 369 g/mol. The van der Waals surface area contributed by atoms with Gasteiger partial charge in [0.05, 0.1) is 0 Å². The number of carbonyl (C=O) groups excluding carboxylic acids is 1. The van der Waals surface area contributed by atoms with E-state index < -0.39 is 6.10 Å². The van der Waals surface area contributed by atoms with Gasteiger partial charge in [0.25, 0.3) is 0 Å². The molecule has 0 aromatic heterocycles. The molecule has 1 amide bonds. The monoisotopic (exact) mass is 389 g/mol. The van der Waals surface area contributed by atoms with Gasteiger partial charge in [-0.2, -0.15) is 0 Å². The maximum atomic E-state index is 12.2. The number of piperidine rings is 1. The van der Waals surface area contributed by atoms with Crippen LogP contribution in [0.15, 0.2) is 60.7 Å². The van der Waals surface area contributed by atoms with Gasteiger partial charge in [0.2, 0.25) is 0 Å². The number of rotatable bonds is 4. The SMILES string of the molecule is O=C(OCc1ccccc1)N1[C@@H]2[C@H](O)[C@@H]([Se]c3ccccc3)C[C@@H]21. The van der Waals surface area contributed by atoms with Crippen molar-refractivity contribution in [1.29, 1.82) is 0 Å². The number of hydrogen-bond acceptors (Lipinski definition) is 3. The second kappa shape index (κ2) is 6.59. The van der Waals surface area contributed by atoms with E-state index in [1.807, 2.05) is 48.5 Å². The van der Waals surface area contributed by atoms with Crippen LogP contribution in [0.2, 0.25) is 4.82 Å². The van der Waals surface area contributed by atoms with E-state index in [9.17, 15) is 9.90 Å². The first kappa shape index (κ1) is 15.7. The van der Waals surface area contributed by atoms with E-state index in [0.717, 1.165) is 12.0 Å². The predicted molar refractivity (Wildman–Crippen MR) is 92.2 cm³/mol. The van der Waals surface area contributed by atoms with Crippen LogP contribution in [0.5, 0.6) is 0 Å². The Morgan fingerprint density at radius 3 is 2.42 bits per heavy atom. The number of hydrogen-bond donors (Lipinski definition) is 1. The Labute approximate surface area is 147 Å². The Morgan fingerprint density at radius 1 is 1.12 bits per heavy atom. The summed E-state index contributed by atoms with van der Waals surface area (Å²) in [5.74, 6) is 0. The quantitative estimate of drug-likeness (QED) is 0.644. The Kier molecular flexibility index (Phi) is 4.31. The van der Waals surface area contributed by atoms with E-state index in [1.54, 1.807) is 4.90 Å². The summed E-state index contributed by atoms with van der Waals surface area (Å²) < 4.78 is 6.67. The third-order valence-corrected chi connectivity index (χ3v) is 7.40. The van der Waals surface area contributed by atoms with Crippen molar-refractivity contribution in [2.24, 2.45) is 0 Å². The van der Waals surface area contributed by atoms with Gasteiger partial charge in [-0.05, 0) is 0 Å². The van der Waals surface area contributed by atoms with Crippen LogP contribution in [-0.4, -0.2) is 49.2 Å². The van der Waals surface area contributed by atoms with E-state index in [0.29, 0.717) is 0 Å². The molecule has 1 aliphatic heterocycles. The van der Waals surface area contributed by atoms with E-state index in [2.05, 4.69) is 12.1 Å². The number of benzene rings is 2. The van der Waals surface area contributed by atoms with E-state index in [-0.39, 0.29) is 44.6 Å². The molecule has 5 heteroatoms. The number of likely N-dealkylation sites (tertiary alicyclic amines) is 1. The van der Waals surface area contributed by atoms with Crippen molar-refractivity contribution in [3.8, 4) is 0 Å². The van der Waals surface area contributed by atoms with E-state index in [4.69, 9.17) is 4.74 Å². The molecule has 4 nitrogen and oxygen atoms in total. The fourth-order valence-corrected chi connectivity index (χ4v) is 6.02. The van der Waals surface area contributed by atoms with Gasteiger partial charge >= 0.3 is 147 Å². The minimum absolute atomic E-state index is 0.0520. The third kappa shape index (κ3) is 3.07. The number of nitrogens with zero attached hydrogens (tertiary/aromatic N) is 1. The van der Waals surface area contributed by atoms with Gasteiger partial charge in [0, 0.05) is 0 Å². The molecule has 4 atom stereocenters. The van der Waals surface area contributed by atoms with Crippen LogP contribution < -0.4 is 4.46 Å². The molecule has 2 aromatic carbocycles. The van der Waals surface area contributed by atoms with Crippen molar-refractivity contribution in [2.45, 2.75) is 36.0 Å². The fraction of sp³-hybridized carbons (Fsp3) is 0.316. The summed E-state index contributed by atoms with van der Waals surface area (Å²) >= 11 is 0.244. The van der Waals surface area contributed by atoms with Gasteiger partial charge in [0.15, 0.2) is 0 Å². The van der Waals surface area contributed by atoms with Gasteiger partial charge in [-0.25, -0.2) is 0 Å². The molecule has 1 saturated heterocycles. The van der Waals surface area contributed by atoms with Crippen molar-refractivity contribution in [1.82, 2.24) is 4.90 Å². The van der Waals surface area contributed by atoms with E-state index >= 15 is 0 Å². The molecule has 1 saturated carbocycles. The summed E-state index contributed by atoms with van der Waals surface area (Å²) in [6.07, 6.45) is 0.138. The summed E-state index contributed by atoms with van der Waals surface area (Å²) in [6, 6.07) is 20.1. The molecule has 4 rings (SSSR count). The summed E-state index contributed by atoms with van der Waals surface area (Å²) in [5, 5.41) is 10.5. The molecule has 2 fully saturated rings. The Hall–Kier alpha value is -1.81. The number of aliphatic hydroxyl groups excluding tert-OH is 1. The molecular formula is C19H19NO3Se. The molecule has 2 aromatic rings. The van der Waals surface area contributed by atoms with Crippen LogP contribution in [0, 0.1) is 0 Å². The third-order valence-electron chi connectivity index (χ3n) is 4.63. The molecule has 2 aliphatic rings. The van der Waals surface area contributed by atoms with Crippen LogP contribution in [0.4, 0.5) is 4.79 Å². The van der Waals surface area contributed by atoms with Crippen LogP contribution in [-0.2, 0) is 11.3 Å². The molecule has 0 bridgehead atoms. The first-order chi connectivity index (χ1) is 11.7. The minimum atomic E-state index is -0.431. The van der Waals surface area contributed by atoms with Crippen molar-refractivity contribution in [3.63, 3.8) is 0 Å². The topological polar surface area (TPSA) is 49.5 Å². The first-order valence-electron chi connectivity index (χ1n) is 8.13. The van der Waals surface area contributed by atoms with Gasteiger partial charge < -0.3 is 0 Å². The summed E-state index contributed by atoms with van der Waals surface area (Å²) in [4.78, 5) is 14.2. The zero-order valence-corrected chi connectivity index (χ0v) is 14.8. The molecule has 124 valence electrons. The standard InChI is InChI=1S/C19H19NO3Se/c21-18-16(24-14-9-5-2-6-10-14)11-15-17(18)20(15)19(22)23-12-13-7-3-1-4-8-13/h1-10,15-18,21H,11-12H2/t15-,16-,17-,18+,20?/m0/s1. The Morgan fingerprint density at radius 2 is 1.79 bits per heavy atom. The molecule has 1 N–H and O–H groups in total. The maximum absolute atomic E-state index is 12.2. The van der Waals surface area contributed by atoms with Crippen molar-refractivity contribution < 1.29 is 14.6 Å². The van der Waals surface area contributed by atoms with Crippen LogP contribution in [0.3, 0.4) is 0 Å². The number of aliphatic hydroxyl groups is 1. The molecule has 1 heterocycles. The van der Waals surface area contributed by atoms with Gasteiger partial charge in [-0.3, -0.25) is 0 Å². The second-order valence-corrected chi connectivity index (χ2v) is 8.95. The van der Waals surface area contributed by atoms with Crippen molar-refractivity contribution in [2.75, 3.05) is 0 Å². The average Bonchev–Trinajstić information content (AvgIpc) is 3.25. The number of amides is 1. The number of fused-ring (bicyclic) bond motifs is 1. The Balaban J connectivity index is 1.30. The zero-order chi connectivity index (χ0) is 16.5. The van der Waals surface area contributed by atoms with Crippen LogP contribution in [0.1, 0.15) is 12.0 Å². The molecule has 1 aliphatic carbocycles. The van der Waals surface area contributed by atoms with Crippen molar-refractivity contribution in [3.05, 3.63) is 66.2 Å². The van der Waals surface area contributed by atoms with Crippen LogP contribution in [0.25, 0.3) is 0 Å². The zero-order valence-electron chi connectivity index (χ0n) is 13.1. The fourth-order valence-electron chi connectivity index (χ4n) is 3.39. The normalized spacial score (nSPS) is 27.6. The molecule has 0 radical (unpaired) electrons. The van der Waals surface area contributed by atoms with Crippen molar-refractivity contribution >= 4 is 25.5 Å². The predicted octanol–water partition coefficient (Wildman–Crippen LogP) is 1.96. The summed E-state index contributed by atoms with van der Waals surface area (Å²) in [5.41, 5.74) is 0.976. The first-order valence-corrected chi connectivity index (χ1v) is 9.97. The second-order valence-electron chi connectivity index (χ2n) is 6.20. The summed E-state index contributed by atoms with van der Waals surface area (Å²) in [6.45, 7) is 0.281. The molecule has 24 heavy (non-hydrogen) atoms. The van der Waals surface area contributed by atoms with Gasteiger partial charge in [-0.15, -0.1) is 0 Å². The number of ether oxygens (including phenoxy) is 1. The molecule has 0 spiro atoms.